The van der Waals surface area contributed by atoms with Crippen LogP contribution in [-0.4, -0.2) is 30.8 Å². The van der Waals surface area contributed by atoms with Crippen molar-refractivity contribution < 1.29 is 9.59 Å². The van der Waals surface area contributed by atoms with Crippen LogP contribution < -0.4 is 10.2 Å². The van der Waals surface area contributed by atoms with Crippen LogP contribution in [0.15, 0.2) is 18.2 Å². The van der Waals surface area contributed by atoms with Gasteiger partial charge in [0.1, 0.15) is 0 Å². The predicted molar refractivity (Wildman–Crippen MR) is 78.3 cm³/mol. The minimum atomic E-state index is -0.444. The van der Waals surface area contributed by atoms with Crippen LogP contribution >= 0.6 is 11.6 Å². The number of amides is 1. The lowest BCUT2D eigenvalue weighted by molar-refractivity contribution is -0.114. The SMILES string of the molecule is CC(CNC1CC1)CN1C(=O)C(=O)c2ccc(Cl)cc21. The molecule has 106 valence electrons. The second kappa shape index (κ2) is 5.19. The molecule has 3 rings (SSSR count). The van der Waals surface area contributed by atoms with Crippen molar-refractivity contribution in [1.29, 1.82) is 0 Å². The Kier molecular flexibility index (Phi) is 3.52. The van der Waals surface area contributed by atoms with E-state index < -0.39 is 11.7 Å². The number of hydrogen-bond acceptors (Lipinski definition) is 3. The van der Waals surface area contributed by atoms with Crippen LogP contribution in [0, 0.1) is 5.92 Å². The number of nitrogens with zero attached hydrogens (tertiary/aromatic N) is 1. The van der Waals surface area contributed by atoms with Gasteiger partial charge in [-0.2, -0.15) is 0 Å². The molecule has 1 aliphatic heterocycles. The molecule has 2 aliphatic rings. The smallest absolute Gasteiger partial charge is 0.299 e. The van der Waals surface area contributed by atoms with Gasteiger partial charge in [-0.05, 0) is 43.5 Å². The van der Waals surface area contributed by atoms with E-state index in [2.05, 4.69) is 12.2 Å². The summed E-state index contributed by atoms with van der Waals surface area (Å²) in [5.74, 6) is -0.586. The minimum absolute atomic E-state index is 0.289. The molecule has 1 amide bonds. The van der Waals surface area contributed by atoms with E-state index in [0.29, 0.717) is 28.9 Å². The highest BCUT2D eigenvalue weighted by Crippen LogP contribution is 2.32. The van der Waals surface area contributed by atoms with Gasteiger partial charge in [-0.3, -0.25) is 9.59 Å². The summed E-state index contributed by atoms with van der Waals surface area (Å²) >= 11 is 5.97. The Hall–Kier alpha value is -1.39. The average Bonchev–Trinajstić information content (AvgIpc) is 3.21. The summed E-state index contributed by atoms with van der Waals surface area (Å²) in [7, 11) is 0. The van der Waals surface area contributed by atoms with Crippen molar-refractivity contribution in [3.05, 3.63) is 28.8 Å². The summed E-state index contributed by atoms with van der Waals surface area (Å²) in [6, 6.07) is 5.62. The third-order valence-electron chi connectivity index (χ3n) is 3.76. The van der Waals surface area contributed by atoms with Crippen LogP contribution in [0.2, 0.25) is 5.02 Å². The van der Waals surface area contributed by atoms with Crippen LogP contribution in [0.3, 0.4) is 0 Å². The van der Waals surface area contributed by atoms with Gasteiger partial charge in [-0.15, -0.1) is 0 Å². The fraction of sp³-hybridized carbons (Fsp3) is 0.467. The van der Waals surface area contributed by atoms with E-state index in [9.17, 15) is 9.59 Å². The maximum Gasteiger partial charge on any atom is 0.299 e. The van der Waals surface area contributed by atoms with E-state index in [1.807, 2.05) is 0 Å². The van der Waals surface area contributed by atoms with E-state index in [4.69, 9.17) is 11.6 Å². The van der Waals surface area contributed by atoms with Crippen LogP contribution in [0.1, 0.15) is 30.1 Å². The Morgan fingerprint density at radius 3 is 2.85 bits per heavy atom. The highest BCUT2D eigenvalue weighted by Gasteiger charge is 2.36. The fourth-order valence-electron chi connectivity index (χ4n) is 2.48. The Labute approximate surface area is 123 Å². The number of anilines is 1. The highest BCUT2D eigenvalue weighted by atomic mass is 35.5. The molecule has 1 fully saturated rings. The largest absolute Gasteiger partial charge is 0.314 e. The summed E-state index contributed by atoms with van der Waals surface area (Å²) < 4.78 is 0. The summed E-state index contributed by atoms with van der Waals surface area (Å²) in [6.07, 6.45) is 2.48. The van der Waals surface area contributed by atoms with Crippen LogP contribution in [0.25, 0.3) is 0 Å². The average molecular weight is 293 g/mol. The van der Waals surface area contributed by atoms with Crippen molar-refractivity contribution in [2.24, 2.45) is 5.92 Å². The lowest BCUT2D eigenvalue weighted by atomic mass is 10.1. The van der Waals surface area contributed by atoms with Gasteiger partial charge in [-0.25, -0.2) is 0 Å². The first kappa shape index (κ1) is 13.6. The van der Waals surface area contributed by atoms with Crippen LogP contribution in [-0.2, 0) is 4.79 Å². The Bertz CT molecular complexity index is 569. The zero-order valence-electron chi connectivity index (χ0n) is 11.4. The number of halogens is 1. The maximum atomic E-state index is 12.1. The number of rotatable bonds is 5. The Balaban J connectivity index is 1.74. The zero-order valence-corrected chi connectivity index (χ0v) is 12.1. The summed E-state index contributed by atoms with van der Waals surface area (Å²) in [6.45, 7) is 3.48. The molecule has 1 unspecified atom stereocenters. The molecule has 5 heteroatoms. The van der Waals surface area contributed by atoms with Crippen LogP contribution in [0.4, 0.5) is 5.69 Å². The first-order valence-corrected chi connectivity index (χ1v) is 7.33. The summed E-state index contributed by atoms with van der Waals surface area (Å²) in [5.41, 5.74) is 1.10. The van der Waals surface area contributed by atoms with Crippen molar-refractivity contribution in [1.82, 2.24) is 5.32 Å². The maximum absolute atomic E-state index is 12.1. The molecule has 4 nitrogen and oxygen atoms in total. The van der Waals surface area contributed by atoms with Crippen molar-refractivity contribution >= 4 is 29.0 Å². The molecule has 1 aliphatic carbocycles. The zero-order chi connectivity index (χ0) is 14.3. The molecule has 1 atom stereocenters. The van der Waals surface area contributed by atoms with E-state index in [0.717, 1.165) is 6.54 Å². The third kappa shape index (κ3) is 2.58. The molecule has 1 saturated carbocycles. The number of ketones is 1. The lowest BCUT2D eigenvalue weighted by Gasteiger charge is -2.21. The number of fused-ring (bicyclic) bond motifs is 1. The van der Waals surface area contributed by atoms with Crippen molar-refractivity contribution in [2.45, 2.75) is 25.8 Å². The monoisotopic (exact) mass is 292 g/mol. The molecule has 1 aromatic carbocycles. The molecule has 0 spiro atoms. The molecule has 1 heterocycles. The molecular formula is C15H17ClN2O2. The van der Waals surface area contributed by atoms with E-state index in [-0.39, 0.29) is 5.92 Å². The Morgan fingerprint density at radius 2 is 2.15 bits per heavy atom. The number of hydrogen-bond donors (Lipinski definition) is 1. The number of Topliss-reactive ketones (excluding diaryl/α,β-unsaturated/α-hetero) is 1. The fourth-order valence-corrected chi connectivity index (χ4v) is 2.65. The van der Waals surface area contributed by atoms with Gasteiger partial charge >= 0.3 is 0 Å². The second-order valence-electron chi connectivity index (χ2n) is 5.69. The van der Waals surface area contributed by atoms with Gasteiger partial charge in [0.25, 0.3) is 11.7 Å². The Morgan fingerprint density at radius 1 is 1.40 bits per heavy atom. The predicted octanol–water partition coefficient (Wildman–Crippen LogP) is 2.26. The quantitative estimate of drug-likeness (QED) is 0.847. The van der Waals surface area contributed by atoms with Gasteiger partial charge < -0.3 is 10.2 Å². The lowest BCUT2D eigenvalue weighted by Crippen LogP contribution is -2.37. The molecule has 0 aromatic heterocycles. The second-order valence-corrected chi connectivity index (χ2v) is 6.13. The summed E-state index contributed by atoms with van der Waals surface area (Å²) in [5, 5.41) is 3.98. The van der Waals surface area contributed by atoms with E-state index in [1.54, 1.807) is 23.1 Å². The molecule has 0 bridgehead atoms. The molecule has 1 N–H and O–H groups in total. The molecule has 1 aromatic rings. The standard InChI is InChI=1S/C15H17ClN2O2/c1-9(7-17-11-3-4-11)8-18-13-6-10(16)2-5-12(13)14(19)15(18)20/h2,5-6,9,11,17H,3-4,7-8H2,1H3. The van der Waals surface area contributed by atoms with E-state index in [1.165, 1.54) is 12.8 Å². The van der Waals surface area contributed by atoms with Gasteiger partial charge in [0.2, 0.25) is 0 Å². The molecule has 0 saturated heterocycles. The number of carbonyl (C=O) groups excluding carboxylic acids is 2. The van der Waals surface area contributed by atoms with Crippen LogP contribution in [0.5, 0.6) is 0 Å². The number of carbonyl (C=O) groups is 2. The number of benzene rings is 1. The molecule has 20 heavy (non-hydrogen) atoms. The third-order valence-corrected chi connectivity index (χ3v) is 4.00. The molecular weight excluding hydrogens is 276 g/mol. The molecule has 0 radical (unpaired) electrons. The first-order valence-electron chi connectivity index (χ1n) is 6.95. The topological polar surface area (TPSA) is 49.4 Å². The van der Waals surface area contributed by atoms with Gasteiger partial charge in [0.15, 0.2) is 0 Å². The van der Waals surface area contributed by atoms with Crippen molar-refractivity contribution in [3.63, 3.8) is 0 Å². The van der Waals surface area contributed by atoms with Gasteiger partial charge in [-0.1, -0.05) is 18.5 Å². The minimum Gasteiger partial charge on any atom is -0.314 e. The van der Waals surface area contributed by atoms with Crippen molar-refractivity contribution in [3.8, 4) is 0 Å². The highest BCUT2D eigenvalue weighted by molar-refractivity contribution is 6.52. The normalized spacial score (nSPS) is 19.4. The first-order chi connectivity index (χ1) is 9.56. The van der Waals surface area contributed by atoms with Gasteiger partial charge in [0, 0.05) is 17.6 Å². The van der Waals surface area contributed by atoms with Crippen molar-refractivity contribution in [2.75, 3.05) is 18.0 Å². The van der Waals surface area contributed by atoms with Gasteiger partial charge in [0.05, 0.1) is 11.3 Å². The van der Waals surface area contributed by atoms with E-state index >= 15 is 0 Å². The summed E-state index contributed by atoms with van der Waals surface area (Å²) in [4.78, 5) is 25.6. The number of nitrogens with one attached hydrogen (secondary N) is 1.